The first-order chi connectivity index (χ1) is 14.4. The molecule has 2 aliphatic rings. The lowest BCUT2D eigenvalue weighted by molar-refractivity contribution is 0.0503. The lowest BCUT2D eigenvalue weighted by atomic mass is 9.71. The van der Waals surface area contributed by atoms with Crippen LogP contribution in [-0.2, 0) is 0 Å². The number of likely N-dealkylation sites (tertiary alicyclic amines) is 1. The number of piperidine rings is 1. The Balaban J connectivity index is 1.37. The Hall–Kier alpha value is -2.53. The molecule has 0 atom stereocenters. The largest absolute Gasteiger partial charge is 0.382 e. The number of nitrogens with one attached hydrogen (secondary N) is 2. The zero-order chi connectivity index (χ0) is 21.3. The molecule has 2 aromatic rings. The van der Waals surface area contributed by atoms with Crippen molar-refractivity contribution in [2.75, 3.05) is 36.4 Å². The van der Waals surface area contributed by atoms with Gasteiger partial charge in [0, 0.05) is 60.8 Å². The zero-order valence-electron chi connectivity index (χ0n) is 17.6. The maximum absolute atomic E-state index is 12.8. The van der Waals surface area contributed by atoms with Gasteiger partial charge in [-0.2, -0.15) is 0 Å². The molecular weight excluding hydrogens is 396 g/mol. The maximum Gasteiger partial charge on any atom is 0.255 e. The molecule has 2 saturated heterocycles. The summed E-state index contributed by atoms with van der Waals surface area (Å²) >= 11 is 6.21. The van der Waals surface area contributed by atoms with Gasteiger partial charge in [-0.3, -0.25) is 4.79 Å². The summed E-state index contributed by atoms with van der Waals surface area (Å²) in [5, 5.41) is 11.6. The molecule has 158 valence electrons. The minimum atomic E-state index is 0.0401. The van der Waals surface area contributed by atoms with Crippen LogP contribution >= 0.6 is 11.6 Å². The van der Waals surface area contributed by atoms with Crippen LogP contribution in [0.1, 0.15) is 42.6 Å². The average molecular weight is 425 g/mol. The molecule has 0 aliphatic carbocycles. The smallest absolute Gasteiger partial charge is 0.255 e. The molecule has 0 aromatic heterocycles. The van der Waals surface area contributed by atoms with Crippen molar-refractivity contribution in [1.82, 2.24) is 4.90 Å². The van der Waals surface area contributed by atoms with Crippen molar-refractivity contribution in [2.24, 2.45) is 5.41 Å². The highest BCUT2D eigenvalue weighted by molar-refractivity contribution is 6.33. The molecule has 2 heterocycles. The molecule has 2 aromatic carbocycles. The molecule has 0 radical (unpaired) electrons. The number of carbonyl (C=O) groups is 1. The van der Waals surface area contributed by atoms with Crippen LogP contribution in [0.5, 0.6) is 0 Å². The first-order valence-electron chi connectivity index (χ1n) is 10.6. The van der Waals surface area contributed by atoms with Crippen LogP contribution in [0.4, 0.5) is 11.4 Å². The number of hydrogen-bond acceptors (Lipinski definition) is 4. The van der Waals surface area contributed by atoms with Gasteiger partial charge in [0.15, 0.2) is 0 Å². The van der Waals surface area contributed by atoms with Crippen LogP contribution in [0.15, 0.2) is 42.5 Å². The van der Waals surface area contributed by atoms with Crippen LogP contribution in [-0.4, -0.2) is 49.2 Å². The molecule has 30 heavy (non-hydrogen) atoms. The molecule has 0 unspecified atom stereocenters. The third-order valence-electron chi connectivity index (χ3n) is 6.27. The molecule has 5 nitrogen and oxygen atoms in total. The van der Waals surface area contributed by atoms with E-state index in [0.29, 0.717) is 22.0 Å². The second-order valence-corrected chi connectivity index (χ2v) is 9.25. The van der Waals surface area contributed by atoms with Crippen molar-refractivity contribution in [1.29, 1.82) is 5.41 Å². The number of rotatable bonds is 5. The summed E-state index contributed by atoms with van der Waals surface area (Å²) in [4.78, 5) is 17.2. The Morgan fingerprint density at radius 1 is 1.17 bits per heavy atom. The molecular formula is C24H29ClN4O. The van der Waals surface area contributed by atoms with Gasteiger partial charge in [0.05, 0.1) is 10.6 Å². The predicted octanol–water partition coefficient (Wildman–Crippen LogP) is 4.90. The highest BCUT2D eigenvalue weighted by Crippen LogP contribution is 2.43. The fourth-order valence-electron chi connectivity index (χ4n) is 4.55. The van der Waals surface area contributed by atoms with E-state index in [0.717, 1.165) is 50.3 Å². The quantitative estimate of drug-likeness (QED) is 0.671. The highest BCUT2D eigenvalue weighted by Gasteiger charge is 2.45. The number of nitrogens with zero attached hydrogens (tertiary/aromatic N) is 2. The third-order valence-corrected chi connectivity index (χ3v) is 6.60. The first kappa shape index (κ1) is 20.7. The Bertz CT molecular complexity index is 942. The van der Waals surface area contributed by atoms with Gasteiger partial charge in [0.2, 0.25) is 0 Å². The predicted molar refractivity (Wildman–Crippen MR) is 124 cm³/mol. The van der Waals surface area contributed by atoms with Gasteiger partial charge >= 0.3 is 0 Å². The minimum Gasteiger partial charge on any atom is -0.382 e. The molecule has 6 heteroatoms. The van der Waals surface area contributed by atoms with Gasteiger partial charge in [0.1, 0.15) is 0 Å². The van der Waals surface area contributed by atoms with Crippen molar-refractivity contribution in [3.63, 3.8) is 0 Å². The van der Waals surface area contributed by atoms with E-state index in [1.165, 1.54) is 11.9 Å². The standard InChI is InChI=1S/C24H29ClN4O/c1-17(2)27-22-13-19(8-7-18(22)14-26)29-15-24(16-29)9-11-28(12-10-24)23(30)20-5-3-4-6-21(20)25/h3-8,13-14,17,26-27H,9-12,15-16H2,1-2H3. The van der Waals surface area contributed by atoms with Crippen LogP contribution in [0.3, 0.4) is 0 Å². The fourth-order valence-corrected chi connectivity index (χ4v) is 4.77. The number of halogens is 1. The van der Waals surface area contributed by atoms with Gasteiger partial charge in [-0.05, 0) is 57.0 Å². The number of amides is 1. The first-order valence-corrected chi connectivity index (χ1v) is 11.0. The van der Waals surface area contributed by atoms with Crippen molar-refractivity contribution in [3.8, 4) is 0 Å². The topological polar surface area (TPSA) is 59.4 Å². The fraction of sp³-hybridized carbons (Fsp3) is 0.417. The lowest BCUT2D eigenvalue weighted by Crippen LogP contribution is -2.61. The van der Waals surface area contributed by atoms with E-state index < -0.39 is 0 Å². The van der Waals surface area contributed by atoms with E-state index >= 15 is 0 Å². The van der Waals surface area contributed by atoms with Gasteiger partial charge in [-0.1, -0.05) is 23.7 Å². The summed E-state index contributed by atoms with van der Waals surface area (Å²) < 4.78 is 0. The molecule has 2 N–H and O–H groups in total. The average Bonchev–Trinajstić information content (AvgIpc) is 2.71. The van der Waals surface area contributed by atoms with Crippen molar-refractivity contribution in [3.05, 3.63) is 58.6 Å². The van der Waals surface area contributed by atoms with Crippen LogP contribution in [0.2, 0.25) is 5.02 Å². The normalized spacial score (nSPS) is 17.7. The van der Waals surface area contributed by atoms with E-state index in [9.17, 15) is 4.79 Å². The zero-order valence-corrected chi connectivity index (χ0v) is 18.4. The van der Waals surface area contributed by atoms with Crippen LogP contribution in [0.25, 0.3) is 0 Å². The van der Waals surface area contributed by atoms with Gasteiger partial charge in [-0.15, -0.1) is 0 Å². The van der Waals surface area contributed by atoms with Gasteiger partial charge in [-0.25, -0.2) is 0 Å². The molecule has 2 aliphatic heterocycles. The van der Waals surface area contributed by atoms with Gasteiger partial charge in [0.25, 0.3) is 5.91 Å². The summed E-state index contributed by atoms with van der Waals surface area (Å²) in [5.41, 5.74) is 4.02. The summed E-state index contributed by atoms with van der Waals surface area (Å²) in [5.74, 6) is 0.0401. The molecule has 0 saturated carbocycles. The summed E-state index contributed by atoms with van der Waals surface area (Å²) in [6.07, 6.45) is 3.45. The number of carbonyl (C=O) groups excluding carboxylic acids is 1. The summed E-state index contributed by atoms with van der Waals surface area (Å²) in [6, 6.07) is 13.9. The SMILES string of the molecule is CC(C)Nc1cc(N2CC3(CCN(C(=O)c4ccccc4Cl)CC3)C2)ccc1C=N. The van der Waals surface area contributed by atoms with E-state index in [1.54, 1.807) is 12.1 Å². The number of anilines is 2. The van der Waals surface area contributed by atoms with E-state index in [-0.39, 0.29) is 5.91 Å². The van der Waals surface area contributed by atoms with Gasteiger partial charge < -0.3 is 20.5 Å². The molecule has 2 fully saturated rings. The Kier molecular flexibility index (Phi) is 5.74. The van der Waals surface area contributed by atoms with E-state index in [4.69, 9.17) is 17.0 Å². The van der Waals surface area contributed by atoms with E-state index in [1.807, 2.05) is 23.1 Å². The minimum absolute atomic E-state index is 0.0401. The maximum atomic E-state index is 12.8. The third kappa shape index (κ3) is 4.04. The summed E-state index contributed by atoms with van der Waals surface area (Å²) in [6.45, 7) is 7.82. The summed E-state index contributed by atoms with van der Waals surface area (Å²) in [7, 11) is 0. The number of hydrogen-bond donors (Lipinski definition) is 2. The van der Waals surface area contributed by atoms with Crippen molar-refractivity contribution in [2.45, 2.75) is 32.7 Å². The monoisotopic (exact) mass is 424 g/mol. The molecule has 4 rings (SSSR count). The lowest BCUT2D eigenvalue weighted by Gasteiger charge is -2.55. The Labute approximate surface area is 183 Å². The Morgan fingerprint density at radius 2 is 1.87 bits per heavy atom. The number of benzene rings is 2. The molecule has 1 spiro atoms. The van der Waals surface area contributed by atoms with Crippen LogP contribution < -0.4 is 10.2 Å². The van der Waals surface area contributed by atoms with Crippen molar-refractivity contribution >= 4 is 35.1 Å². The van der Waals surface area contributed by atoms with E-state index in [2.05, 4.69) is 36.2 Å². The Morgan fingerprint density at radius 3 is 2.50 bits per heavy atom. The highest BCUT2D eigenvalue weighted by atomic mass is 35.5. The van der Waals surface area contributed by atoms with Crippen LogP contribution in [0, 0.1) is 10.8 Å². The molecule has 0 bridgehead atoms. The van der Waals surface area contributed by atoms with Crippen molar-refractivity contribution < 1.29 is 4.79 Å². The second kappa shape index (κ2) is 8.31. The second-order valence-electron chi connectivity index (χ2n) is 8.84. The molecule has 1 amide bonds.